The summed E-state index contributed by atoms with van der Waals surface area (Å²) in [7, 11) is 0. The van der Waals surface area contributed by atoms with Crippen molar-refractivity contribution in [2.75, 3.05) is 13.1 Å². The van der Waals surface area contributed by atoms with Crippen LogP contribution in [0.4, 0.5) is 0 Å². The highest BCUT2D eigenvalue weighted by Crippen LogP contribution is 2.17. The van der Waals surface area contributed by atoms with Crippen molar-refractivity contribution in [1.29, 1.82) is 0 Å². The van der Waals surface area contributed by atoms with E-state index in [9.17, 15) is 14.4 Å². The normalized spacial score (nSPS) is 17.3. The lowest BCUT2D eigenvalue weighted by Crippen LogP contribution is -2.47. The van der Waals surface area contributed by atoms with Gasteiger partial charge in [0.2, 0.25) is 5.91 Å². The smallest absolute Gasteiger partial charge is 0.328 e. The fraction of sp³-hybridized carbons (Fsp3) is 0.471. The number of carbonyl (C=O) groups excluding carboxylic acids is 1. The molecule has 1 atom stereocenters. The standard InChI is InChI=1S/C17H22N4O3.ClH/c18-11-12-5-3-4-9-20(12)15(22)8-10-21-14-7-2-1-6-13(14)16(23)19-17(21)24;/h1-2,6-7,12H,3-5,8-11,18H2,(H,19,23,24);1H. The van der Waals surface area contributed by atoms with Crippen LogP contribution in [0.3, 0.4) is 0 Å². The molecule has 7 nitrogen and oxygen atoms in total. The Morgan fingerprint density at radius 3 is 2.76 bits per heavy atom. The average molecular weight is 367 g/mol. The summed E-state index contributed by atoms with van der Waals surface area (Å²) in [5.74, 6) is 0.00679. The highest BCUT2D eigenvalue weighted by Gasteiger charge is 2.25. The van der Waals surface area contributed by atoms with Gasteiger partial charge in [0.15, 0.2) is 0 Å². The number of nitrogens with one attached hydrogen (secondary N) is 1. The molecule has 8 heteroatoms. The first-order chi connectivity index (χ1) is 11.6. The Bertz CT molecular complexity index is 861. The number of H-pyrrole nitrogens is 1. The molecule has 1 aliphatic rings. The van der Waals surface area contributed by atoms with Gasteiger partial charge >= 0.3 is 5.69 Å². The predicted octanol–water partition coefficient (Wildman–Crippen LogP) is 0.841. The zero-order valence-corrected chi connectivity index (χ0v) is 14.8. The molecule has 0 spiro atoms. The molecular formula is C17H23ClN4O3. The Hall–Kier alpha value is -2.12. The van der Waals surface area contributed by atoms with Crippen LogP contribution in [0.15, 0.2) is 33.9 Å². The van der Waals surface area contributed by atoms with Crippen LogP contribution in [0.5, 0.6) is 0 Å². The number of fused-ring (bicyclic) bond motifs is 1. The predicted molar refractivity (Wildman–Crippen MR) is 99.1 cm³/mol. The van der Waals surface area contributed by atoms with Crippen molar-refractivity contribution in [3.8, 4) is 0 Å². The number of amides is 1. The van der Waals surface area contributed by atoms with Crippen molar-refractivity contribution in [1.82, 2.24) is 14.5 Å². The van der Waals surface area contributed by atoms with E-state index in [1.807, 2.05) is 4.90 Å². The molecule has 0 radical (unpaired) electrons. The first-order valence-electron chi connectivity index (χ1n) is 8.33. The lowest BCUT2D eigenvalue weighted by atomic mass is 10.0. The Labute approximate surface area is 151 Å². The molecule has 2 heterocycles. The third kappa shape index (κ3) is 3.93. The Morgan fingerprint density at radius 1 is 1.24 bits per heavy atom. The van der Waals surface area contributed by atoms with Gasteiger partial charge in [0, 0.05) is 32.1 Å². The Balaban J connectivity index is 0.00000225. The van der Waals surface area contributed by atoms with Crippen molar-refractivity contribution in [2.24, 2.45) is 5.73 Å². The zero-order chi connectivity index (χ0) is 17.1. The molecule has 1 aliphatic heterocycles. The number of nitrogens with zero attached hydrogens (tertiary/aromatic N) is 2. The number of likely N-dealkylation sites (tertiary alicyclic amines) is 1. The number of rotatable bonds is 4. The molecule has 1 aromatic heterocycles. The molecule has 1 saturated heterocycles. The number of aromatic amines is 1. The van der Waals surface area contributed by atoms with Crippen molar-refractivity contribution >= 4 is 29.2 Å². The molecule has 3 rings (SSSR count). The van der Waals surface area contributed by atoms with Gasteiger partial charge in [-0.05, 0) is 31.4 Å². The third-order valence-electron chi connectivity index (χ3n) is 4.67. The fourth-order valence-electron chi connectivity index (χ4n) is 3.39. The van der Waals surface area contributed by atoms with Gasteiger partial charge in [-0.1, -0.05) is 12.1 Å². The van der Waals surface area contributed by atoms with E-state index in [0.29, 0.717) is 17.4 Å². The second-order valence-corrected chi connectivity index (χ2v) is 6.15. The summed E-state index contributed by atoms with van der Waals surface area (Å²) in [6.45, 7) is 1.43. The van der Waals surface area contributed by atoms with Crippen LogP contribution in [0.2, 0.25) is 0 Å². The summed E-state index contributed by atoms with van der Waals surface area (Å²) in [6.07, 6.45) is 3.23. The van der Waals surface area contributed by atoms with Gasteiger partial charge in [-0.25, -0.2) is 4.79 Å². The number of carbonyl (C=O) groups is 1. The van der Waals surface area contributed by atoms with E-state index in [2.05, 4.69) is 4.98 Å². The lowest BCUT2D eigenvalue weighted by Gasteiger charge is -2.35. The first kappa shape index (κ1) is 19.2. The molecular weight excluding hydrogens is 344 g/mol. The molecule has 0 aliphatic carbocycles. The van der Waals surface area contributed by atoms with Gasteiger partial charge in [-0.3, -0.25) is 19.1 Å². The lowest BCUT2D eigenvalue weighted by molar-refractivity contribution is -0.134. The van der Waals surface area contributed by atoms with Crippen molar-refractivity contribution < 1.29 is 4.79 Å². The molecule has 136 valence electrons. The SMILES string of the molecule is Cl.NCC1CCCCN1C(=O)CCn1c(=O)[nH]c(=O)c2ccccc21. The Morgan fingerprint density at radius 2 is 2.00 bits per heavy atom. The highest BCUT2D eigenvalue weighted by atomic mass is 35.5. The molecule has 3 N–H and O–H groups in total. The van der Waals surface area contributed by atoms with Gasteiger partial charge < -0.3 is 10.6 Å². The van der Waals surface area contributed by atoms with Crippen LogP contribution in [0, 0.1) is 0 Å². The summed E-state index contributed by atoms with van der Waals surface area (Å²) in [4.78, 5) is 40.7. The maximum atomic E-state index is 12.5. The molecule has 1 unspecified atom stereocenters. The molecule has 2 aromatic rings. The first-order valence-corrected chi connectivity index (χ1v) is 8.33. The van der Waals surface area contributed by atoms with Crippen LogP contribution in [-0.2, 0) is 11.3 Å². The minimum absolute atomic E-state index is 0. The second kappa shape index (κ2) is 8.31. The number of aromatic nitrogens is 2. The fourth-order valence-corrected chi connectivity index (χ4v) is 3.39. The maximum absolute atomic E-state index is 12.5. The van der Waals surface area contributed by atoms with Crippen molar-refractivity contribution in [3.05, 3.63) is 45.1 Å². The number of nitrogens with two attached hydrogens (primary N) is 1. The number of para-hydroxylation sites is 1. The third-order valence-corrected chi connectivity index (χ3v) is 4.67. The van der Waals surface area contributed by atoms with E-state index in [0.717, 1.165) is 25.8 Å². The molecule has 0 saturated carbocycles. The number of benzene rings is 1. The van der Waals surface area contributed by atoms with Crippen LogP contribution in [0.25, 0.3) is 10.9 Å². The van der Waals surface area contributed by atoms with E-state index < -0.39 is 11.2 Å². The van der Waals surface area contributed by atoms with E-state index in [-0.39, 0.29) is 37.3 Å². The van der Waals surface area contributed by atoms with Gasteiger partial charge in [0.25, 0.3) is 5.56 Å². The van der Waals surface area contributed by atoms with Crippen LogP contribution in [-0.4, -0.2) is 39.5 Å². The minimum atomic E-state index is -0.486. The monoisotopic (exact) mass is 366 g/mol. The van der Waals surface area contributed by atoms with E-state index >= 15 is 0 Å². The minimum Gasteiger partial charge on any atom is -0.338 e. The average Bonchev–Trinajstić information content (AvgIpc) is 2.61. The summed E-state index contributed by atoms with van der Waals surface area (Å²) >= 11 is 0. The van der Waals surface area contributed by atoms with Crippen molar-refractivity contribution in [3.63, 3.8) is 0 Å². The van der Waals surface area contributed by atoms with E-state index in [4.69, 9.17) is 5.73 Å². The summed E-state index contributed by atoms with van der Waals surface area (Å²) < 4.78 is 1.45. The van der Waals surface area contributed by atoms with Gasteiger partial charge in [-0.2, -0.15) is 0 Å². The van der Waals surface area contributed by atoms with E-state index in [1.54, 1.807) is 24.3 Å². The Kier molecular flexibility index (Phi) is 6.39. The quantitative estimate of drug-likeness (QED) is 0.837. The number of piperidine rings is 1. The topological polar surface area (TPSA) is 101 Å². The summed E-state index contributed by atoms with van der Waals surface area (Å²) in [6, 6.07) is 7.00. The largest absolute Gasteiger partial charge is 0.338 e. The molecule has 1 fully saturated rings. The maximum Gasteiger partial charge on any atom is 0.328 e. The van der Waals surface area contributed by atoms with Gasteiger partial charge in [-0.15, -0.1) is 12.4 Å². The van der Waals surface area contributed by atoms with E-state index in [1.165, 1.54) is 4.57 Å². The molecule has 1 aromatic carbocycles. The number of halogens is 1. The molecule has 0 bridgehead atoms. The number of hydrogen-bond acceptors (Lipinski definition) is 4. The second-order valence-electron chi connectivity index (χ2n) is 6.15. The van der Waals surface area contributed by atoms with Crippen LogP contribution >= 0.6 is 12.4 Å². The molecule has 1 amide bonds. The van der Waals surface area contributed by atoms with Crippen molar-refractivity contribution in [2.45, 2.75) is 38.3 Å². The zero-order valence-electron chi connectivity index (χ0n) is 13.9. The van der Waals surface area contributed by atoms with Crippen LogP contribution < -0.4 is 17.0 Å². The van der Waals surface area contributed by atoms with Crippen LogP contribution in [0.1, 0.15) is 25.7 Å². The van der Waals surface area contributed by atoms with Gasteiger partial charge in [0.1, 0.15) is 0 Å². The van der Waals surface area contributed by atoms with Gasteiger partial charge in [0.05, 0.1) is 10.9 Å². The highest BCUT2D eigenvalue weighted by molar-refractivity contribution is 5.85. The summed E-state index contributed by atoms with van der Waals surface area (Å²) in [5.41, 5.74) is 5.42. The number of hydrogen-bond donors (Lipinski definition) is 2. The number of aryl methyl sites for hydroxylation is 1. The summed E-state index contributed by atoms with van der Waals surface area (Å²) in [5, 5.41) is 0.447. The molecule has 25 heavy (non-hydrogen) atoms.